The molecule has 0 fully saturated rings. The molecule has 0 saturated heterocycles. The summed E-state index contributed by atoms with van der Waals surface area (Å²) < 4.78 is 75.6. The summed E-state index contributed by atoms with van der Waals surface area (Å²) >= 11 is 0.898. The van der Waals surface area contributed by atoms with Crippen LogP contribution < -0.4 is 0 Å². The first kappa shape index (κ1) is 17.1. The molecule has 0 aliphatic carbocycles. The Morgan fingerprint density at radius 3 is 1.09 bits per heavy atom. The Bertz CT molecular complexity index is 606. The molecule has 22 heavy (non-hydrogen) atoms. The molecule has 0 unspecified atom stereocenters. The van der Waals surface area contributed by atoms with Crippen molar-refractivity contribution in [3.05, 3.63) is 70.8 Å². The monoisotopic (exact) mass is 392 g/mol. The first-order valence-electron chi connectivity index (χ1n) is 6.03. The van der Waals surface area contributed by atoms with Crippen LogP contribution in [0.1, 0.15) is 22.3 Å². The van der Waals surface area contributed by atoms with Crippen molar-refractivity contribution in [2.45, 2.75) is 12.4 Å². The third-order valence-electron chi connectivity index (χ3n) is 3.00. The standard InChI is InChI=1S/C15H8F6.Zr/c16-14(17,18)12-5-1-10(2-6-12)9-11-3-7-13(8-4-11)15(19,20)21;/h1-8H;. The SMILES string of the molecule is FC(F)(F)c1ccc([C](=[Zr])c2ccc(C(F)(F)F)cc2)cc1. The summed E-state index contributed by atoms with van der Waals surface area (Å²) in [4.78, 5) is 0. The van der Waals surface area contributed by atoms with Crippen molar-refractivity contribution in [3.8, 4) is 0 Å². The molecule has 0 N–H and O–H groups in total. The Kier molecular flexibility index (Phi) is 4.76. The minimum atomic E-state index is -4.41. The van der Waals surface area contributed by atoms with Crippen molar-refractivity contribution < 1.29 is 50.6 Å². The van der Waals surface area contributed by atoms with Crippen LogP contribution in [0.2, 0.25) is 0 Å². The molecule has 0 radical (unpaired) electrons. The zero-order valence-electron chi connectivity index (χ0n) is 10.9. The Labute approximate surface area is 137 Å². The van der Waals surface area contributed by atoms with Crippen LogP contribution in [0.4, 0.5) is 26.3 Å². The molecule has 0 heterocycles. The maximum absolute atomic E-state index is 12.5. The molecule has 0 aliphatic rings. The topological polar surface area (TPSA) is 0 Å². The summed E-state index contributed by atoms with van der Waals surface area (Å²) in [5, 5.41) is 0. The van der Waals surface area contributed by atoms with E-state index in [1.165, 1.54) is 24.3 Å². The van der Waals surface area contributed by atoms with E-state index in [-0.39, 0.29) is 0 Å². The van der Waals surface area contributed by atoms with Crippen LogP contribution in [0.25, 0.3) is 0 Å². The third-order valence-corrected chi connectivity index (χ3v) is 4.42. The van der Waals surface area contributed by atoms with E-state index in [0.717, 1.165) is 48.5 Å². The Morgan fingerprint density at radius 1 is 0.591 bits per heavy atom. The second-order valence-electron chi connectivity index (χ2n) is 4.53. The fourth-order valence-electron chi connectivity index (χ4n) is 1.82. The molecule has 7 heteroatoms. The van der Waals surface area contributed by atoms with Gasteiger partial charge < -0.3 is 0 Å². The van der Waals surface area contributed by atoms with E-state index in [2.05, 4.69) is 0 Å². The molecule has 0 saturated carbocycles. The summed E-state index contributed by atoms with van der Waals surface area (Å²) in [7, 11) is 0. The zero-order chi connectivity index (χ0) is 16.5. The van der Waals surface area contributed by atoms with E-state index in [0.29, 0.717) is 14.3 Å². The van der Waals surface area contributed by atoms with Gasteiger partial charge in [-0.1, -0.05) is 0 Å². The third kappa shape index (κ3) is 3.94. The van der Waals surface area contributed by atoms with E-state index in [1.54, 1.807) is 0 Å². The van der Waals surface area contributed by atoms with Crippen molar-refractivity contribution in [2.75, 3.05) is 0 Å². The van der Waals surface area contributed by atoms with Gasteiger partial charge in [0.25, 0.3) is 0 Å². The summed E-state index contributed by atoms with van der Waals surface area (Å²) in [6.45, 7) is 0. The van der Waals surface area contributed by atoms with Gasteiger partial charge >= 0.3 is 137 Å². The molecular weight excluding hydrogens is 385 g/mol. The Morgan fingerprint density at radius 2 is 0.864 bits per heavy atom. The van der Waals surface area contributed by atoms with Crippen LogP contribution in [0.15, 0.2) is 48.5 Å². The molecule has 2 rings (SSSR count). The van der Waals surface area contributed by atoms with Crippen LogP contribution in [-0.2, 0) is 36.6 Å². The molecule has 0 nitrogen and oxygen atoms in total. The fourth-order valence-corrected chi connectivity index (χ4v) is 2.64. The Hall–Kier alpha value is -1.23. The van der Waals surface area contributed by atoms with Gasteiger partial charge in [0.15, 0.2) is 0 Å². The van der Waals surface area contributed by atoms with Gasteiger partial charge in [0.05, 0.1) is 0 Å². The van der Waals surface area contributed by atoms with Crippen LogP contribution in [0.3, 0.4) is 0 Å². The maximum atomic E-state index is 12.5. The second-order valence-corrected chi connectivity index (χ2v) is 5.75. The molecule has 0 aliphatic heterocycles. The van der Waals surface area contributed by atoms with E-state index < -0.39 is 23.5 Å². The predicted molar refractivity (Wildman–Crippen MR) is 66.1 cm³/mol. The number of benzene rings is 2. The average molecular weight is 393 g/mol. The van der Waals surface area contributed by atoms with Crippen molar-refractivity contribution >= 4 is 3.21 Å². The van der Waals surface area contributed by atoms with Crippen molar-refractivity contribution in [3.63, 3.8) is 0 Å². The van der Waals surface area contributed by atoms with Gasteiger partial charge in [0, 0.05) is 0 Å². The predicted octanol–water partition coefficient (Wildman–Crippen LogP) is 4.84. The van der Waals surface area contributed by atoms with Crippen molar-refractivity contribution in [2.24, 2.45) is 0 Å². The van der Waals surface area contributed by atoms with Gasteiger partial charge in [-0.2, -0.15) is 0 Å². The van der Waals surface area contributed by atoms with Gasteiger partial charge in [-0.25, -0.2) is 0 Å². The number of hydrogen-bond acceptors (Lipinski definition) is 0. The first-order valence-corrected chi connectivity index (χ1v) is 7.26. The minimum absolute atomic E-state index is 0.561. The quantitative estimate of drug-likeness (QED) is 0.641. The van der Waals surface area contributed by atoms with Crippen LogP contribution >= 0.6 is 0 Å². The van der Waals surface area contributed by atoms with Crippen molar-refractivity contribution in [1.29, 1.82) is 0 Å². The molecule has 2 aromatic rings. The van der Waals surface area contributed by atoms with Crippen LogP contribution in [-0.4, -0.2) is 3.21 Å². The van der Waals surface area contributed by atoms with Gasteiger partial charge in [-0.3, -0.25) is 0 Å². The van der Waals surface area contributed by atoms with E-state index in [4.69, 9.17) is 0 Å². The number of halogens is 6. The zero-order valence-corrected chi connectivity index (χ0v) is 13.3. The number of rotatable bonds is 2. The van der Waals surface area contributed by atoms with E-state index in [9.17, 15) is 26.3 Å². The van der Waals surface area contributed by atoms with E-state index >= 15 is 0 Å². The van der Waals surface area contributed by atoms with Crippen molar-refractivity contribution in [1.82, 2.24) is 0 Å². The van der Waals surface area contributed by atoms with Crippen LogP contribution in [0, 0.1) is 0 Å². The summed E-state index contributed by atoms with van der Waals surface area (Å²) in [5.41, 5.74) is -0.392. The van der Waals surface area contributed by atoms with Crippen LogP contribution in [0.5, 0.6) is 0 Å². The number of alkyl halides is 6. The number of hydrogen-bond donors (Lipinski definition) is 0. The first-order chi connectivity index (χ1) is 10.1. The van der Waals surface area contributed by atoms with Gasteiger partial charge in [0.1, 0.15) is 0 Å². The molecule has 0 atom stereocenters. The molecule has 0 bridgehead atoms. The van der Waals surface area contributed by atoms with Gasteiger partial charge in [-0.05, 0) is 0 Å². The summed E-state index contributed by atoms with van der Waals surface area (Å²) in [5.74, 6) is 0. The molecular formula is C15H8F6Zr. The van der Waals surface area contributed by atoms with Gasteiger partial charge in [0.2, 0.25) is 0 Å². The average Bonchev–Trinajstić information content (AvgIpc) is 2.45. The molecule has 0 amide bonds. The molecule has 0 aromatic heterocycles. The fraction of sp³-hybridized carbons (Fsp3) is 0.133. The molecule has 114 valence electrons. The molecule has 2 aromatic carbocycles. The second kappa shape index (κ2) is 6.11. The van der Waals surface area contributed by atoms with Gasteiger partial charge in [-0.15, -0.1) is 0 Å². The normalized spacial score (nSPS) is 12.2. The summed E-state index contributed by atoms with van der Waals surface area (Å²) in [6.07, 6.45) is -8.82. The summed E-state index contributed by atoms with van der Waals surface area (Å²) in [6, 6.07) is 9.14. The molecule has 0 spiro atoms. The van der Waals surface area contributed by atoms with E-state index in [1.807, 2.05) is 0 Å². The Balaban J connectivity index is 2.25.